The maximum absolute atomic E-state index is 11.4. The van der Waals surface area contributed by atoms with Crippen LogP contribution in [0, 0.1) is 0 Å². The van der Waals surface area contributed by atoms with Crippen molar-refractivity contribution in [2.75, 3.05) is 19.8 Å². The SMILES string of the molecule is CN=C(NCC(C)(C)NS(C)(=O)=O)NC(C)CCc1ccccc1.I. The Bertz CT molecular complexity index is 633. The summed E-state index contributed by atoms with van der Waals surface area (Å²) in [4.78, 5) is 4.20. The molecule has 1 atom stereocenters. The summed E-state index contributed by atoms with van der Waals surface area (Å²) in [6.45, 7) is 6.20. The molecule has 0 fully saturated rings. The highest BCUT2D eigenvalue weighted by Gasteiger charge is 2.22. The Morgan fingerprint density at radius 1 is 1.24 bits per heavy atom. The van der Waals surface area contributed by atoms with E-state index in [1.165, 1.54) is 5.56 Å². The molecule has 0 saturated carbocycles. The molecule has 0 heterocycles. The molecule has 1 aromatic carbocycles. The third-order valence-corrected chi connectivity index (χ3v) is 4.40. The van der Waals surface area contributed by atoms with Crippen molar-refractivity contribution in [3.05, 3.63) is 35.9 Å². The molecule has 0 aliphatic heterocycles. The van der Waals surface area contributed by atoms with Crippen LogP contribution < -0.4 is 15.4 Å². The van der Waals surface area contributed by atoms with Crippen molar-refractivity contribution in [2.24, 2.45) is 4.99 Å². The third-order valence-electron chi connectivity index (χ3n) is 3.48. The fourth-order valence-electron chi connectivity index (χ4n) is 2.37. The molecule has 0 bridgehead atoms. The minimum absolute atomic E-state index is 0. The summed E-state index contributed by atoms with van der Waals surface area (Å²) < 4.78 is 25.3. The first-order chi connectivity index (χ1) is 11.1. The average molecular weight is 482 g/mol. The summed E-state index contributed by atoms with van der Waals surface area (Å²) in [6, 6.07) is 10.6. The Kier molecular flexibility index (Phi) is 10.6. The lowest BCUT2D eigenvalue weighted by molar-refractivity contribution is 0.444. The number of halogens is 1. The van der Waals surface area contributed by atoms with Gasteiger partial charge >= 0.3 is 0 Å². The van der Waals surface area contributed by atoms with E-state index in [1.807, 2.05) is 32.0 Å². The van der Waals surface area contributed by atoms with Crippen LogP contribution in [0.15, 0.2) is 35.3 Å². The van der Waals surface area contributed by atoms with Crippen LogP contribution in [0.5, 0.6) is 0 Å². The van der Waals surface area contributed by atoms with Crippen molar-refractivity contribution in [2.45, 2.75) is 45.2 Å². The topological polar surface area (TPSA) is 82.6 Å². The van der Waals surface area contributed by atoms with Crippen molar-refractivity contribution < 1.29 is 8.42 Å². The first kappa shape index (κ1) is 24.1. The van der Waals surface area contributed by atoms with Crippen molar-refractivity contribution >= 4 is 40.0 Å². The van der Waals surface area contributed by atoms with Crippen molar-refractivity contribution in [3.63, 3.8) is 0 Å². The van der Waals surface area contributed by atoms with Crippen LogP contribution >= 0.6 is 24.0 Å². The summed E-state index contributed by atoms with van der Waals surface area (Å²) >= 11 is 0. The molecule has 0 aromatic heterocycles. The van der Waals surface area contributed by atoms with Gasteiger partial charge in [0.25, 0.3) is 0 Å². The van der Waals surface area contributed by atoms with Crippen molar-refractivity contribution in [3.8, 4) is 0 Å². The molecule has 3 N–H and O–H groups in total. The molecule has 6 nitrogen and oxygen atoms in total. The summed E-state index contributed by atoms with van der Waals surface area (Å²) in [6.07, 6.45) is 3.14. The zero-order valence-electron chi connectivity index (χ0n) is 15.7. The van der Waals surface area contributed by atoms with E-state index in [9.17, 15) is 8.42 Å². The second kappa shape index (κ2) is 11.0. The van der Waals surface area contributed by atoms with Crippen LogP contribution in [-0.4, -0.2) is 45.8 Å². The number of aryl methyl sites for hydroxylation is 1. The van der Waals surface area contributed by atoms with Crippen molar-refractivity contribution in [1.29, 1.82) is 0 Å². The summed E-state index contributed by atoms with van der Waals surface area (Å²) in [7, 11) is -1.54. The number of aliphatic imine (C=N–C) groups is 1. The van der Waals surface area contributed by atoms with Gasteiger partial charge in [0.2, 0.25) is 10.0 Å². The van der Waals surface area contributed by atoms with Gasteiger partial charge in [-0.15, -0.1) is 24.0 Å². The molecule has 25 heavy (non-hydrogen) atoms. The molecular formula is C17H31IN4O2S. The second-order valence-corrected chi connectivity index (χ2v) is 8.50. The van der Waals surface area contributed by atoms with Gasteiger partial charge in [0.1, 0.15) is 0 Å². The zero-order valence-corrected chi connectivity index (χ0v) is 18.8. The number of guanidine groups is 1. The van der Waals surface area contributed by atoms with E-state index in [2.05, 4.69) is 39.4 Å². The number of hydrogen-bond acceptors (Lipinski definition) is 3. The maximum Gasteiger partial charge on any atom is 0.209 e. The monoisotopic (exact) mass is 482 g/mol. The number of rotatable bonds is 8. The van der Waals surface area contributed by atoms with Crippen LogP contribution in [0.1, 0.15) is 32.8 Å². The van der Waals surface area contributed by atoms with Gasteiger partial charge in [0.05, 0.1) is 6.26 Å². The van der Waals surface area contributed by atoms with Crippen LogP contribution in [-0.2, 0) is 16.4 Å². The predicted octanol–water partition coefficient (Wildman–Crippen LogP) is 2.12. The summed E-state index contributed by atoms with van der Waals surface area (Å²) in [5, 5.41) is 6.51. The fraction of sp³-hybridized carbons (Fsp3) is 0.588. The smallest absolute Gasteiger partial charge is 0.209 e. The molecule has 1 unspecified atom stereocenters. The molecule has 1 aromatic rings. The van der Waals surface area contributed by atoms with E-state index in [1.54, 1.807) is 7.05 Å². The van der Waals surface area contributed by atoms with Gasteiger partial charge in [-0.05, 0) is 39.2 Å². The number of nitrogens with zero attached hydrogens (tertiary/aromatic N) is 1. The van der Waals surface area contributed by atoms with E-state index >= 15 is 0 Å². The molecule has 0 radical (unpaired) electrons. The van der Waals surface area contributed by atoms with Gasteiger partial charge in [0, 0.05) is 25.2 Å². The Morgan fingerprint density at radius 3 is 2.36 bits per heavy atom. The van der Waals surface area contributed by atoms with E-state index in [4.69, 9.17) is 0 Å². The van der Waals surface area contributed by atoms with E-state index < -0.39 is 15.6 Å². The second-order valence-electron chi connectivity index (χ2n) is 6.75. The molecule has 0 aliphatic rings. The summed E-state index contributed by atoms with van der Waals surface area (Å²) in [5.74, 6) is 0.666. The maximum atomic E-state index is 11.4. The number of sulfonamides is 1. The molecule has 0 amide bonds. The normalized spacial score (nSPS) is 13.7. The number of benzene rings is 1. The van der Waals surface area contributed by atoms with E-state index in [0.29, 0.717) is 12.5 Å². The average Bonchev–Trinajstić information content (AvgIpc) is 2.48. The molecule has 8 heteroatoms. The lowest BCUT2D eigenvalue weighted by Crippen LogP contribution is -2.53. The predicted molar refractivity (Wildman–Crippen MR) is 116 cm³/mol. The van der Waals surface area contributed by atoms with Gasteiger partial charge < -0.3 is 10.6 Å². The van der Waals surface area contributed by atoms with Crippen LogP contribution in [0.4, 0.5) is 0 Å². The minimum Gasteiger partial charge on any atom is -0.355 e. The molecule has 0 saturated heterocycles. The van der Waals surface area contributed by atoms with Crippen molar-refractivity contribution in [1.82, 2.24) is 15.4 Å². The van der Waals surface area contributed by atoms with Crippen LogP contribution in [0.25, 0.3) is 0 Å². The van der Waals surface area contributed by atoms with Gasteiger partial charge in [-0.2, -0.15) is 0 Å². The standard InChI is InChI=1S/C17H30N4O2S.HI/c1-14(11-12-15-9-7-6-8-10-15)20-16(18-4)19-13-17(2,3)21-24(5,22)23;/h6-10,14,21H,11-13H2,1-5H3,(H2,18,19,20);1H. The highest BCUT2D eigenvalue weighted by molar-refractivity contribution is 14.0. The van der Waals surface area contributed by atoms with E-state index in [-0.39, 0.29) is 30.0 Å². The molecule has 1 rings (SSSR count). The van der Waals surface area contributed by atoms with Gasteiger partial charge in [-0.3, -0.25) is 4.99 Å². The Labute approximate surface area is 169 Å². The minimum atomic E-state index is -3.25. The lowest BCUT2D eigenvalue weighted by Gasteiger charge is -2.27. The van der Waals surface area contributed by atoms with Gasteiger partial charge in [-0.25, -0.2) is 13.1 Å². The lowest BCUT2D eigenvalue weighted by atomic mass is 10.1. The Hall–Kier alpha value is -0.870. The van der Waals surface area contributed by atoms with Crippen LogP contribution in [0.2, 0.25) is 0 Å². The Balaban J connectivity index is 0.00000576. The first-order valence-electron chi connectivity index (χ1n) is 8.11. The largest absolute Gasteiger partial charge is 0.355 e. The van der Waals surface area contributed by atoms with Gasteiger partial charge in [-0.1, -0.05) is 30.3 Å². The van der Waals surface area contributed by atoms with E-state index in [0.717, 1.165) is 19.1 Å². The fourth-order valence-corrected chi connectivity index (χ4v) is 3.45. The molecule has 0 spiro atoms. The van der Waals surface area contributed by atoms with Crippen LogP contribution in [0.3, 0.4) is 0 Å². The highest BCUT2D eigenvalue weighted by atomic mass is 127. The summed E-state index contributed by atoms with van der Waals surface area (Å²) in [5.41, 5.74) is 0.714. The third kappa shape index (κ3) is 11.4. The van der Waals surface area contributed by atoms with Gasteiger partial charge in [0.15, 0.2) is 5.96 Å². The molecule has 0 aliphatic carbocycles. The number of hydrogen-bond donors (Lipinski definition) is 3. The number of nitrogens with one attached hydrogen (secondary N) is 3. The quantitative estimate of drug-likeness (QED) is 0.301. The Morgan fingerprint density at radius 2 is 1.84 bits per heavy atom. The molecule has 144 valence electrons. The zero-order chi connectivity index (χ0) is 18.2. The highest BCUT2D eigenvalue weighted by Crippen LogP contribution is 2.05. The first-order valence-corrected chi connectivity index (χ1v) is 10.0. The molecular weight excluding hydrogens is 451 g/mol.